The number of rotatable bonds is 13. The maximum Gasteiger partial charge on any atom is 0.111 e. The van der Waals surface area contributed by atoms with Crippen LogP contribution in [0.1, 0.15) is 114 Å². The second-order valence-corrected chi connectivity index (χ2v) is 10.4. The van der Waals surface area contributed by atoms with Crippen molar-refractivity contribution in [3.63, 3.8) is 0 Å². The molecule has 220 valence electrons. The Morgan fingerprint density at radius 3 is 1.89 bits per heavy atom. The lowest BCUT2D eigenvalue weighted by atomic mass is 9.95. The highest BCUT2D eigenvalue weighted by Gasteiger charge is 2.25. The molecular weight excluding hydrogens is 447 g/mol. The van der Waals surface area contributed by atoms with Crippen LogP contribution < -0.4 is 5.32 Å². The molecule has 0 spiro atoms. The maximum atomic E-state index is 14.2. The monoisotopic (exact) mass is 517 g/mol. The molecule has 36 heavy (non-hydrogen) atoms. The molecule has 2 rings (SSSR count). The van der Waals surface area contributed by atoms with E-state index in [1.165, 1.54) is 84.5 Å². The van der Waals surface area contributed by atoms with Crippen LogP contribution in [0.15, 0.2) is 0 Å². The Morgan fingerprint density at radius 1 is 0.889 bits per heavy atom. The fraction of sp³-hybridized carbons (Fsp3) is 1.00. The summed E-state index contributed by atoms with van der Waals surface area (Å²) >= 11 is 0. The third kappa shape index (κ3) is 18.1. The smallest absolute Gasteiger partial charge is 0.111 e. The topological polar surface area (TPSA) is 21.8 Å². The van der Waals surface area contributed by atoms with Gasteiger partial charge >= 0.3 is 0 Å². The van der Waals surface area contributed by atoms with Gasteiger partial charge in [-0.1, -0.05) is 75.2 Å². The lowest BCUT2D eigenvalue weighted by Crippen LogP contribution is -2.46. The molecule has 1 N–H and O–H groups in total. The predicted molar refractivity (Wildman–Crippen MR) is 162 cm³/mol. The molecule has 0 aromatic carbocycles. The van der Waals surface area contributed by atoms with Crippen LogP contribution in [0, 0.1) is 11.8 Å². The van der Waals surface area contributed by atoms with Crippen LogP contribution in [-0.4, -0.2) is 92.9 Å². The zero-order valence-corrected chi connectivity index (χ0v) is 26.6. The minimum absolute atomic E-state index is 0.642. The lowest BCUT2D eigenvalue weighted by Gasteiger charge is -2.35. The fourth-order valence-electron chi connectivity index (χ4n) is 5.10. The van der Waals surface area contributed by atoms with E-state index >= 15 is 0 Å². The summed E-state index contributed by atoms with van der Waals surface area (Å²) in [6, 6.07) is 0. The molecule has 2 aliphatic heterocycles. The molecule has 2 fully saturated rings. The fourth-order valence-corrected chi connectivity index (χ4v) is 5.10. The van der Waals surface area contributed by atoms with Gasteiger partial charge in [0.1, 0.15) is 5.67 Å². The molecule has 0 aliphatic carbocycles. The first-order chi connectivity index (χ1) is 17.4. The molecule has 4 nitrogen and oxygen atoms in total. The zero-order chi connectivity index (χ0) is 27.8. The second-order valence-electron chi connectivity index (χ2n) is 10.4. The van der Waals surface area contributed by atoms with E-state index in [2.05, 4.69) is 47.8 Å². The summed E-state index contributed by atoms with van der Waals surface area (Å²) in [5.74, 6) is 1.74. The average molecular weight is 517 g/mol. The molecule has 0 radical (unpaired) electrons. The van der Waals surface area contributed by atoms with Crippen LogP contribution in [0.2, 0.25) is 0 Å². The average Bonchev–Trinajstić information content (AvgIpc) is 2.95. The largest absolute Gasteiger partial charge is 0.314 e. The molecular formula is C31H69FN4. The summed E-state index contributed by atoms with van der Waals surface area (Å²) in [6.45, 7) is 30.8. The van der Waals surface area contributed by atoms with Gasteiger partial charge in [0.05, 0.1) is 0 Å². The van der Waals surface area contributed by atoms with Gasteiger partial charge in [0.25, 0.3) is 0 Å². The number of hydrogen-bond donors (Lipinski definition) is 1. The SMILES string of the molecule is CC.CC.CCCC(CC)CN(C)CCC(F)(CC)CC.CCN1CCC(CN2CCNCC2)CC1. The number of nitrogens with zero attached hydrogens (tertiary/aromatic N) is 3. The van der Waals surface area contributed by atoms with Crippen LogP contribution in [-0.2, 0) is 0 Å². The van der Waals surface area contributed by atoms with Crippen molar-refractivity contribution in [1.82, 2.24) is 20.0 Å². The molecule has 2 saturated heterocycles. The van der Waals surface area contributed by atoms with Gasteiger partial charge in [-0.15, -0.1) is 0 Å². The van der Waals surface area contributed by atoms with Crippen molar-refractivity contribution in [2.75, 3.05) is 72.5 Å². The number of halogens is 1. The normalized spacial score (nSPS) is 18.3. The first-order valence-electron chi connectivity index (χ1n) is 15.9. The van der Waals surface area contributed by atoms with Crippen LogP contribution in [0.25, 0.3) is 0 Å². The number of alkyl halides is 1. The molecule has 0 aromatic heterocycles. The molecule has 2 heterocycles. The quantitative estimate of drug-likeness (QED) is 0.276. The van der Waals surface area contributed by atoms with Gasteiger partial charge < -0.3 is 20.0 Å². The standard InChI is InChI=1S/C15H32FN.C12H25N3.2C2H6/c1-6-10-14(7-2)13-17(5)12-11-15(16,8-3)9-4;1-2-14-7-3-12(4-8-14)11-15-9-5-13-6-10-15;2*1-2/h14H,6-13H2,1-5H3;12-13H,2-11H2,1H3;2*1-2H3. The number of piperidine rings is 1. The first-order valence-corrected chi connectivity index (χ1v) is 15.9. The van der Waals surface area contributed by atoms with Gasteiger partial charge in [0, 0.05) is 45.8 Å². The van der Waals surface area contributed by atoms with Crippen molar-refractivity contribution < 1.29 is 4.39 Å². The minimum Gasteiger partial charge on any atom is -0.314 e. The van der Waals surface area contributed by atoms with Crippen molar-refractivity contribution in [3.8, 4) is 0 Å². The van der Waals surface area contributed by atoms with Gasteiger partial charge in [-0.25, -0.2) is 4.39 Å². The highest BCUT2D eigenvalue weighted by Crippen LogP contribution is 2.25. The highest BCUT2D eigenvalue weighted by molar-refractivity contribution is 4.78. The van der Waals surface area contributed by atoms with Crippen LogP contribution in [0.4, 0.5) is 4.39 Å². The van der Waals surface area contributed by atoms with Crippen molar-refractivity contribution >= 4 is 0 Å². The van der Waals surface area contributed by atoms with E-state index < -0.39 is 5.67 Å². The van der Waals surface area contributed by atoms with E-state index in [1.54, 1.807) is 0 Å². The van der Waals surface area contributed by atoms with Crippen molar-refractivity contribution in [1.29, 1.82) is 0 Å². The molecule has 0 saturated carbocycles. The molecule has 0 aromatic rings. The second kappa shape index (κ2) is 25.1. The van der Waals surface area contributed by atoms with Crippen LogP contribution in [0.3, 0.4) is 0 Å². The van der Waals surface area contributed by atoms with Crippen molar-refractivity contribution in [3.05, 3.63) is 0 Å². The third-order valence-electron chi connectivity index (χ3n) is 7.93. The van der Waals surface area contributed by atoms with E-state index in [0.717, 1.165) is 24.9 Å². The zero-order valence-electron chi connectivity index (χ0n) is 26.6. The molecule has 0 amide bonds. The van der Waals surface area contributed by atoms with Crippen LogP contribution >= 0.6 is 0 Å². The Bertz CT molecular complexity index is 430. The summed E-state index contributed by atoms with van der Waals surface area (Å²) in [4.78, 5) is 7.53. The van der Waals surface area contributed by atoms with Crippen molar-refractivity contribution in [2.45, 2.75) is 119 Å². The number of likely N-dealkylation sites (tertiary alicyclic amines) is 1. The lowest BCUT2D eigenvalue weighted by molar-refractivity contribution is 0.115. The van der Waals surface area contributed by atoms with Gasteiger partial charge in [-0.3, -0.25) is 0 Å². The Balaban J connectivity index is 0. The van der Waals surface area contributed by atoms with Crippen LogP contribution in [0.5, 0.6) is 0 Å². The summed E-state index contributed by atoms with van der Waals surface area (Å²) in [5.41, 5.74) is -0.944. The van der Waals surface area contributed by atoms with Gasteiger partial charge in [0.2, 0.25) is 0 Å². The Kier molecular flexibility index (Phi) is 26.4. The molecule has 0 bridgehead atoms. The van der Waals surface area contributed by atoms with E-state index in [9.17, 15) is 4.39 Å². The van der Waals surface area contributed by atoms with E-state index in [4.69, 9.17) is 0 Å². The summed E-state index contributed by atoms with van der Waals surface area (Å²) in [7, 11) is 2.13. The number of hydrogen-bond acceptors (Lipinski definition) is 4. The summed E-state index contributed by atoms with van der Waals surface area (Å²) < 4.78 is 14.2. The van der Waals surface area contributed by atoms with Gasteiger partial charge in [0.15, 0.2) is 0 Å². The predicted octanol–water partition coefficient (Wildman–Crippen LogP) is 7.34. The Labute approximate surface area is 228 Å². The first kappa shape index (κ1) is 37.9. The molecule has 5 heteroatoms. The molecule has 1 atom stereocenters. The Morgan fingerprint density at radius 2 is 1.44 bits per heavy atom. The summed E-state index contributed by atoms with van der Waals surface area (Å²) in [5, 5.41) is 3.42. The number of piperazine rings is 1. The minimum atomic E-state index is -0.944. The highest BCUT2D eigenvalue weighted by atomic mass is 19.1. The van der Waals surface area contributed by atoms with Gasteiger partial charge in [-0.05, 0) is 77.0 Å². The molecule has 1 unspecified atom stereocenters. The van der Waals surface area contributed by atoms with Gasteiger partial charge in [-0.2, -0.15) is 0 Å². The number of nitrogens with one attached hydrogen (secondary N) is 1. The maximum absolute atomic E-state index is 14.2. The third-order valence-corrected chi connectivity index (χ3v) is 7.93. The Hall–Kier alpha value is -0.230. The summed E-state index contributed by atoms with van der Waals surface area (Å²) in [6.07, 6.45) is 8.58. The molecule has 2 aliphatic rings. The van der Waals surface area contributed by atoms with Crippen molar-refractivity contribution in [2.24, 2.45) is 11.8 Å². The van der Waals surface area contributed by atoms with E-state index in [1.807, 2.05) is 41.5 Å². The van der Waals surface area contributed by atoms with E-state index in [-0.39, 0.29) is 0 Å². The van der Waals surface area contributed by atoms with E-state index in [0.29, 0.717) is 19.3 Å².